The summed E-state index contributed by atoms with van der Waals surface area (Å²) in [5, 5.41) is 0.773. The van der Waals surface area contributed by atoms with Crippen LogP contribution in [0.5, 0.6) is 0 Å². The van der Waals surface area contributed by atoms with E-state index in [2.05, 4.69) is 4.98 Å². The van der Waals surface area contributed by atoms with Crippen molar-refractivity contribution in [2.45, 2.75) is 39.3 Å². The molecule has 4 nitrogen and oxygen atoms in total. The molecule has 3 rings (SSSR count). The third-order valence-corrected chi connectivity index (χ3v) is 5.35. The van der Waals surface area contributed by atoms with Gasteiger partial charge in [-0.3, -0.25) is 9.36 Å². The first-order chi connectivity index (χ1) is 9.00. The van der Waals surface area contributed by atoms with E-state index in [9.17, 15) is 4.79 Å². The number of thiophene rings is 1. The predicted octanol–water partition coefficient (Wildman–Crippen LogP) is 3.09. The van der Waals surface area contributed by atoms with Gasteiger partial charge in [-0.25, -0.2) is 0 Å². The molecule has 0 bridgehead atoms. The summed E-state index contributed by atoms with van der Waals surface area (Å²) in [6.45, 7) is 6.70. The van der Waals surface area contributed by atoms with Crippen molar-refractivity contribution in [1.82, 2.24) is 9.55 Å². The van der Waals surface area contributed by atoms with Crippen LogP contribution < -0.4 is 5.56 Å². The number of H-pyrrole nitrogens is 1. The van der Waals surface area contributed by atoms with Crippen LogP contribution in [-0.4, -0.2) is 22.3 Å². The summed E-state index contributed by atoms with van der Waals surface area (Å²) in [5.41, 5.74) is 1.07. The first-order valence-electron chi connectivity index (χ1n) is 6.37. The van der Waals surface area contributed by atoms with E-state index in [0.29, 0.717) is 11.4 Å². The van der Waals surface area contributed by atoms with Crippen molar-refractivity contribution in [2.75, 3.05) is 6.61 Å². The summed E-state index contributed by atoms with van der Waals surface area (Å²) in [4.78, 5) is 18.0. The highest BCUT2D eigenvalue weighted by Gasteiger charge is 2.28. The smallest absolute Gasteiger partial charge is 0.263 e. The average molecular weight is 296 g/mol. The molecule has 6 heteroatoms. The number of aryl methyl sites for hydroxylation is 2. The number of nitrogens with one attached hydrogen (secondary N) is 1. The van der Waals surface area contributed by atoms with Gasteiger partial charge >= 0.3 is 0 Å². The van der Waals surface area contributed by atoms with Crippen molar-refractivity contribution < 1.29 is 4.74 Å². The normalized spacial score (nSPS) is 23.3. The molecule has 1 fully saturated rings. The standard InChI is InChI=1S/C13H16N2O2S2/c1-6-8(3)19-11-10(6)12(16)15(13(18)14-11)9-4-5-17-7(9)2/h7,9H,4-5H2,1-3H3,(H,14,18). The lowest BCUT2D eigenvalue weighted by Crippen LogP contribution is -2.30. The number of fused-ring (bicyclic) bond motifs is 1. The monoisotopic (exact) mass is 296 g/mol. The molecule has 2 aromatic rings. The number of nitrogens with zero attached hydrogens (tertiary/aromatic N) is 1. The molecule has 1 N–H and O–H groups in total. The molecular formula is C13H16N2O2S2. The molecule has 2 atom stereocenters. The minimum absolute atomic E-state index is 0.0166. The third kappa shape index (κ3) is 1.89. The zero-order valence-electron chi connectivity index (χ0n) is 11.1. The molecule has 102 valence electrons. The Hall–Kier alpha value is -0.980. The van der Waals surface area contributed by atoms with Crippen LogP contribution in [0.2, 0.25) is 0 Å². The van der Waals surface area contributed by atoms with Crippen LogP contribution in [0.25, 0.3) is 10.2 Å². The molecular weight excluding hydrogens is 280 g/mol. The van der Waals surface area contributed by atoms with E-state index in [-0.39, 0.29) is 17.7 Å². The number of ether oxygens (including phenoxy) is 1. The Morgan fingerprint density at radius 1 is 1.47 bits per heavy atom. The second-order valence-electron chi connectivity index (χ2n) is 5.02. The SMILES string of the molecule is Cc1sc2[nH]c(=S)n(C3CCOC3C)c(=O)c2c1C. The topological polar surface area (TPSA) is 47.0 Å². The van der Waals surface area contributed by atoms with Crippen molar-refractivity contribution in [3.05, 3.63) is 25.6 Å². The summed E-state index contributed by atoms with van der Waals surface area (Å²) >= 11 is 6.96. The number of hydrogen-bond acceptors (Lipinski definition) is 4. The fourth-order valence-corrected chi connectivity index (χ4v) is 4.14. The first-order valence-corrected chi connectivity index (χ1v) is 7.59. The van der Waals surface area contributed by atoms with Gasteiger partial charge < -0.3 is 9.72 Å². The zero-order valence-corrected chi connectivity index (χ0v) is 12.8. The van der Waals surface area contributed by atoms with Gasteiger partial charge in [0.25, 0.3) is 5.56 Å². The molecule has 0 aliphatic carbocycles. The van der Waals surface area contributed by atoms with Crippen LogP contribution in [0.4, 0.5) is 0 Å². The molecule has 3 heterocycles. The third-order valence-electron chi connectivity index (χ3n) is 3.93. The number of aromatic amines is 1. The molecule has 0 aromatic carbocycles. The van der Waals surface area contributed by atoms with E-state index in [1.165, 1.54) is 0 Å². The Morgan fingerprint density at radius 3 is 2.84 bits per heavy atom. The first kappa shape index (κ1) is 13.0. The van der Waals surface area contributed by atoms with Gasteiger partial charge in [0.15, 0.2) is 4.77 Å². The Morgan fingerprint density at radius 2 is 2.21 bits per heavy atom. The van der Waals surface area contributed by atoms with Crippen LogP contribution in [0.1, 0.15) is 29.8 Å². The van der Waals surface area contributed by atoms with E-state index in [1.54, 1.807) is 15.9 Å². The number of rotatable bonds is 1. The number of aromatic nitrogens is 2. The van der Waals surface area contributed by atoms with E-state index in [0.717, 1.165) is 27.1 Å². The highest BCUT2D eigenvalue weighted by Crippen LogP contribution is 2.29. The second kappa shape index (κ2) is 4.54. The maximum atomic E-state index is 12.7. The molecule has 0 spiro atoms. The van der Waals surface area contributed by atoms with E-state index >= 15 is 0 Å². The average Bonchev–Trinajstić information content (AvgIpc) is 2.85. The summed E-state index contributed by atoms with van der Waals surface area (Å²) in [6, 6.07) is 0.0419. The van der Waals surface area contributed by atoms with Crippen LogP contribution in [-0.2, 0) is 4.74 Å². The van der Waals surface area contributed by atoms with Gasteiger partial charge in [0, 0.05) is 11.5 Å². The van der Waals surface area contributed by atoms with Gasteiger partial charge in [0.05, 0.1) is 17.5 Å². The summed E-state index contributed by atoms with van der Waals surface area (Å²) in [5.74, 6) is 0. The lowest BCUT2D eigenvalue weighted by Gasteiger charge is -2.17. The van der Waals surface area contributed by atoms with Crippen LogP contribution in [0.15, 0.2) is 4.79 Å². The molecule has 19 heavy (non-hydrogen) atoms. The molecule has 0 radical (unpaired) electrons. The zero-order chi connectivity index (χ0) is 13.7. The summed E-state index contributed by atoms with van der Waals surface area (Å²) in [6.07, 6.45) is 0.872. The molecule has 0 saturated carbocycles. The summed E-state index contributed by atoms with van der Waals surface area (Å²) in [7, 11) is 0. The minimum atomic E-state index is 0.0166. The minimum Gasteiger partial charge on any atom is -0.376 e. The maximum Gasteiger partial charge on any atom is 0.263 e. The van der Waals surface area contributed by atoms with Crippen LogP contribution in [0, 0.1) is 18.6 Å². The Labute approximate surface area is 120 Å². The van der Waals surface area contributed by atoms with E-state index < -0.39 is 0 Å². The summed E-state index contributed by atoms with van der Waals surface area (Å²) < 4.78 is 7.76. The van der Waals surface area contributed by atoms with Gasteiger partial charge in [-0.15, -0.1) is 11.3 Å². The maximum absolute atomic E-state index is 12.7. The predicted molar refractivity (Wildman–Crippen MR) is 79.8 cm³/mol. The highest BCUT2D eigenvalue weighted by molar-refractivity contribution is 7.71. The largest absolute Gasteiger partial charge is 0.376 e. The van der Waals surface area contributed by atoms with Crippen molar-refractivity contribution >= 4 is 33.8 Å². The van der Waals surface area contributed by atoms with Crippen LogP contribution >= 0.6 is 23.6 Å². The van der Waals surface area contributed by atoms with Gasteiger partial charge in [-0.2, -0.15) is 0 Å². The molecule has 1 aliphatic rings. The van der Waals surface area contributed by atoms with Crippen molar-refractivity contribution in [2.24, 2.45) is 0 Å². The van der Waals surface area contributed by atoms with Gasteiger partial charge in [-0.1, -0.05) is 0 Å². The Balaban J connectivity index is 2.34. The molecule has 2 aromatic heterocycles. The number of hydrogen-bond donors (Lipinski definition) is 1. The lowest BCUT2D eigenvalue weighted by molar-refractivity contribution is 0.106. The van der Waals surface area contributed by atoms with Gasteiger partial charge in [0.2, 0.25) is 0 Å². The van der Waals surface area contributed by atoms with E-state index in [4.69, 9.17) is 17.0 Å². The van der Waals surface area contributed by atoms with Crippen LogP contribution in [0.3, 0.4) is 0 Å². The van der Waals surface area contributed by atoms with Crippen molar-refractivity contribution in [3.8, 4) is 0 Å². The highest BCUT2D eigenvalue weighted by atomic mass is 32.1. The fraction of sp³-hybridized carbons (Fsp3) is 0.538. The van der Waals surface area contributed by atoms with Gasteiger partial charge in [-0.05, 0) is 45.0 Å². The molecule has 1 aliphatic heterocycles. The van der Waals surface area contributed by atoms with E-state index in [1.807, 2.05) is 20.8 Å². The quantitative estimate of drug-likeness (QED) is 0.823. The fourth-order valence-electron chi connectivity index (χ4n) is 2.70. The van der Waals surface area contributed by atoms with Gasteiger partial charge in [0.1, 0.15) is 4.83 Å². The lowest BCUT2D eigenvalue weighted by atomic mass is 10.1. The second-order valence-corrected chi connectivity index (χ2v) is 6.64. The van der Waals surface area contributed by atoms with Crippen molar-refractivity contribution in [1.29, 1.82) is 0 Å². The molecule has 2 unspecified atom stereocenters. The molecule has 0 amide bonds. The Bertz CT molecular complexity index is 756. The van der Waals surface area contributed by atoms with Crippen molar-refractivity contribution in [3.63, 3.8) is 0 Å². The molecule has 1 saturated heterocycles. The Kier molecular flexibility index (Phi) is 3.11.